The average molecular weight is 299 g/mol. The van der Waals surface area contributed by atoms with E-state index in [2.05, 4.69) is 11.4 Å². The van der Waals surface area contributed by atoms with Gasteiger partial charge in [-0.05, 0) is 25.6 Å². The van der Waals surface area contributed by atoms with Crippen LogP contribution in [0.4, 0.5) is 13.2 Å². The van der Waals surface area contributed by atoms with Crippen LogP contribution in [0.15, 0.2) is 30.3 Å². The molecule has 116 valence electrons. The predicted octanol–water partition coefficient (Wildman–Crippen LogP) is 2.90. The molecular weight excluding hydrogens is 279 g/mol. The molecule has 1 N–H and O–H groups in total. The maximum absolute atomic E-state index is 12.5. The summed E-state index contributed by atoms with van der Waals surface area (Å²) in [5.74, 6) is 0. The molecule has 0 amide bonds. The first kappa shape index (κ1) is 17.5. The number of rotatable bonds is 7. The van der Waals surface area contributed by atoms with Crippen LogP contribution in [0, 0.1) is 11.3 Å². The first-order valence-electron chi connectivity index (χ1n) is 6.81. The Morgan fingerprint density at radius 1 is 1.24 bits per heavy atom. The molecule has 0 fully saturated rings. The van der Waals surface area contributed by atoms with Crippen LogP contribution in [0.5, 0.6) is 0 Å². The highest BCUT2D eigenvalue weighted by molar-refractivity contribution is 5.31. The van der Waals surface area contributed by atoms with Crippen LogP contribution in [-0.4, -0.2) is 37.8 Å². The van der Waals surface area contributed by atoms with Crippen LogP contribution in [0.2, 0.25) is 0 Å². The normalized spacial score (nSPS) is 14.7. The second-order valence-electron chi connectivity index (χ2n) is 4.87. The van der Waals surface area contributed by atoms with E-state index < -0.39 is 18.3 Å². The molecule has 3 nitrogen and oxygen atoms in total. The van der Waals surface area contributed by atoms with Gasteiger partial charge in [-0.15, -0.1) is 0 Å². The molecular formula is C15H20F3N3. The van der Waals surface area contributed by atoms with Crippen molar-refractivity contribution in [2.75, 3.05) is 26.7 Å². The van der Waals surface area contributed by atoms with Gasteiger partial charge < -0.3 is 0 Å². The summed E-state index contributed by atoms with van der Waals surface area (Å²) in [4.78, 5) is 1.30. The van der Waals surface area contributed by atoms with Gasteiger partial charge in [-0.25, -0.2) is 0 Å². The Hall–Kier alpha value is -1.58. The molecule has 1 rings (SSSR count). The number of halogens is 3. The fraction of sp³-hybridized carbons (Fsp3) is 0.533. The van der Waals surface area contributed by atoms with E-state index in [1.807, 2.05) is 18.2 Å². The third-order valence-electron chi connectivity index (χ3n) is 3.54. The van der Waals surface area contributed by atoms with Gasteiger partial charge in [-0.2, -0.15) is 18.4 Å². The summed E-state index contributed by atoms with van der Waals surface area (Å²) in [5.41, 5.74) is -0.210. The summed E-state index contributed by atoms with van der Waals surface area (Å²) in [7, 11) is 1.65. The van der Waals surface area contributed by atoms with Crippen molar-refractivity contribution in [2.45, 2.75) is 25.1 Å². The number of hydrogen-bond donors (Lipinski definition) is 1. The van der Waals surface area contributed by atoms with E-state index in [-0.39, 0.29) is 13.0 Å². The molecule has 0 saturated heterocycles. The van der Waals surface area contributed by atoms with Crippen LogP contribution in [0.25, 0.3) is 0 Å². The molecule has 6 heteroatoms. The fourth-order valence-corrected chi connectivity index (χ4v) is 2.24. The summed E-state index contributed by atoms with van der Waals surface area (Å²) < 4.78 is 37.4. The van der Waals surface area contributed by atoms with E-state index in [0.717, 1.165) is 5.56 Å². The molecule has 0 bridgehead atoms. The SMILES string of the molecule is CCN(CCC(C#N)(NC)c1ccccc1)CC(F)(F)F. The zero-order chi connectivity index (χ0) is 15.9. The van der Waals surface area contributed by atoms with Crippen LogP contribution >= 0.6 is 0 Å². The number of nitriles is 1. The lowest BCUT2D eigenvalue weighted by molar-refractivity contribution is -0.145. The lowest BCUT2D eigenvalue weighted by Crippen LogP contribution is -2.43. The number of nitrogens with one attached hydrogen (secondary N) is 1. The molecule has 0 aliphatic carbocycles. The number of benzene rings is 1. The summed E-state index contributed by atoms with van der Waals surface area (Å²) >= 11 is 0. The Balaban J connectivity index is 2.83. The van der Waals surface area contributed by atoms with Crippen LogP contribution in [0.3, 0.4) is 0 Å². The van der Waals surface area contributed by atoms with Crippen molar-refractivity contribution < 1.29 is 13.2 Å². The summed E-state index contributed by atoms with van der Waals surface area (Å²) in [5, 5.41) is 12.4. The van der Waals surface area contributed by atoms with Crippen LogP contribution in [0.1, 0.15) is 18.9 Å². The molecule has 1 aromatic carbocycles. The highest BCUT2D eigenvalue weighted by Crippen LogP contribution is 2.25. The molecule has 0 aliphatic heterocycles. The van der Waals surface area contributed by atoms with E-state index in [0.29, 0.717) is 6.54 Å². The molecule has 0 aromatic heterocycles. The van der Waals surface area contributed by atoms with E-state index in [4.69, 9.17) is 0 Å². The Morgan fingerprint density at radius 2 is 1.86 bits per heavy atom. The van der Waals surface area contributed by atoms with E-state index in [9.17, 15) is 18.4 Å². The molecule has 21 heavy (non-hydrogen) atoms. The Labute approximate surface area is 123 Å². The topological polar surface area (TPSA) is 39.1 Å². The van der Waals surface area contributed by atoms with Crippen molar-refractivity contribution in [1.82, 2.24) is 10.2 Å². The third-order valence-corrected chi connectivity index (χ3v) is 3.54. The minimum Gasteiger partial charge on any atom is -0.299 e. The van der Waals surface area contributed by atoms with Crippen LogP contribution in [-0.2, 0) is 5.54 Å². The number of nitrogens with zero attached hydrogens (tertiary/aromatic N) is 2. The maximum atomic E-state index is 12.5. The highest BCUT2D eigenvalue weighted by atomic mass is 19.4. The van der Waals surface area contributed by atoms with Crippen molar-refractivity contribution in [1.29, 1.82) is 5.26 Å². The molecule has 0 heterocycles. The maximum Gasteiger partial charge on any atom is 0.401 e. The summed E-state index contributed by atoms with van der Waals surface area (Å²) in [6, 6.07) is 11.3. The molecule has 0 spiro atoms. The van der Waals surface area contributed by atoms with Gasteiger partial charge in [0.25, 0.3) is 0 Å². The van der Waals surface area contributed by atoms with Gasteiger partial charge in [0.2, 0.25) is 0 Å². The summed E-state index contributed by atoms with van der Waals surface area (Å²) in [6.07, 6.45) is -3.94. The Morgan fingerprint density at radius 3 is 2.29 bits per heavy atom. The van der Waals surface area contributed by atoms with Gasteiger partial charge in [-0.3, -0.25) is 10.2 Å². The zero-order valence-electron chi connectivity index (χ0n) is 12.2. The van der Waals surface area contributed by atoms with Crippen molar-refractivity contribution in [3.63, 3.8) is 0 Å². The molecule has 1 atom stereocenters. The first-order valence-corrected chi connectivity index (χ1v) is 6.81. The minimum absolute atomic E-state index is 0.194. The molecule has 0 aliphatic rings. The lowest BCUT2D eigenvalue weighted by atomic mass is 9.88. The van der Waals surface area contributed by atoms with Crippen molar-refractivity contribution in [3.8, 4) is 6.07 Å². The number of alkyl halides is 3. The van der Waals surface area contributed by atoms with E-state index >= 15 is 0 Å². The number of hydrogen-bond acceptors (Lipinski definition) is 3. The van der Waals surface area contributed by atoms with E-state index in [1.165, 1.54) is 4.90 Å². The highest BCUT2D eigenvalue weighted by Gasteiger charge is 2.34. The quantitative estimate of drug-likeness (QED) is 0.841. The Bertz CT molecular complexity index is 467. The van der Waals surface area contributed by atoms with Gasteiger partial charge >= 0.3 is 6.18 Å². The van der Waals surface area contributed by atoms with Gasteiger partial charge in [0.15, 0.2) is 0 Å². The second-order valence-corrected chi connectivity index (χ2v) is 4.87. The van der Waals surface area contributed by atoms with Crippen molar-refractivity contribution >= 4 is 0 Å². The van der Waals surface area contributed by atoms with Crippen molar-refractivity contribution in [3.05, 3.63) is 35.9 Å². The first-order chi connectivity index (χ1) is 9.87. The van der Waals surface area contributed by atoms with Gasteiger partial charge in [0.05, 0.1) is 12.6 Å². The van der Waals surface area contributed by atoms with Gasteiger partial charge in [-0.1, -0.05) is 37.3 Å². The lowest BCUT2D eigenvalue weighted by Gasteiger charge is -2.30. The van der Waals surface area contributed by atoms with Gasteiger partial charge in [0, 0.05) is 6.54 Å². The average Bonchev–Trinajstić information content (AvgIpc) is 2.47. The monoisotopic (exact) mass is 299 g/mol. The molecule has 0 saturated carbocycles. The fourth-order valence-electron chi connectivity index (χ4n) is 2.24. The largest absolute Gasteiger partial charge is 0.401 e. The standard InChI is InChI=1S/C15H20F3N3/c1-3-21(12-15(16,17)18)10-9-14(11-19,20-2)13-7-5-4-6-8-13/h4-8,20H,3,9-10,12H2,1-2H3. The second kappa shape index (κ2) is 7.43. The van der Waals surface area contributed by atoms with Crippen LogP contribution < -0.4 is 5.32 Å². The smallest absolute Gasteiger partial charge is 0.299 e. The molecule has 0 radical (unpaired) electrons. The van der Waals surface area contributed by atoms with E-state index in [1.54, 1.807) is 26.1 Å². The zero-order valence-corrected chi connectivity index (χ0v) is 12.2. The molecule has 1 unspecified atom stereocenters. The van der Waals surface area contributed by atoms with Crippen molar-refractivity contribution in [2.24, 2.45) is 0 Å². The Kier molecular flexibility index (Phi) is 6.19. The van der Waals surface area contributed by atoms with Gasteiger partial charge in [0.1, 0.15) is 5.54 Å². The minimum atomic E-state index is -4.22. The molecule has 1 aromatic rings. The summed E-state index contributed by atoms with van der Waals surface area (Å²) in [6.45, 7) is 1.21. The third kappa shape index (κ3) is 5.03. The predicted molar refractivity (Wildman–Crippen MR) is 75.6 cm³/mol.